The predicted molar refractivity (Wildman–Crippen MR) is 102 cm³/mol. The van der Waals surface area contributed by atoms with E-state index in [9.17, 15) is 4.79 Å². The van der Waals surface area contributed by atoms with Gasteiger partial charge in [0, 0.05) is 16.3 Å². The number of halogens is 1. The summed E-state index contributed by atoms with van der Waals surface area (Å²) in [5.74, 6) is 0.951. The monoisotopic (exact) mass is 353 g/mol. The van der Waals surface area contributed by atoms with Crippen LogP contribution in [0.2, 0.25) is 5.02 Å². The highest BCUT2D eigenvalue weighted by Crippen LogP contribution is 2.30. The van der Waals surface area contributed by atoms with Gasteiger partial charge in [-0.05, 0) is 48.2 Å². The smallest absolute Gasteiger partial charge is 0.291 e. The summed E-state index contributed by atoms with van der Waals surface area (Å²) in [5.41, 5.74) is 3.71. The molecule has 3 nitrogen and oxygen atoms in total. The number of rotatable bonds is 4. The quantitative estimate of drug-likeness (QED) is 0.599. The number of carbonyl (C=O) groups excluding carboxylic acids is 1. The Kier molecular flexibility index (Phi) is 4.95. The Balaban J connectivity index is 1.86. The van der Waals surface area contributed by atoms with Crippen LogP contribution in [0.4, 0.5) is 5.69 Å². The summed E-state index contributed by atoms with van der Waals surface area (Å²) in [7, 11) is 0. The average molecular weight is 354 g/mol. The van der Waals surface area contributed by atoms with Crippen LogP contribution in [0.1, 0.15) is 41.4 Å². The third-order valence-corrected chi connectivity index (χ3v) is 4.60. The molecule has 0 bridgehead atoms. The normalized spacial score (nSPS) is 10.9. The number of hydrogen-bond acceptors (Lipinski definition) is 2. The molecule has 1 heterocycles. The number of hydrogen-bond donors (Lipinski definition) is 1. The summed E-state index contributed by atoms with van der Waals surface area (Å²) < 4.78 is 5.77. The standard InChI is InChI=1S/C21H20ClNO2/c1-13(2)15-7-4-5-10-18(15)23-21(24)20-12-11-19(25-20)16-8-6-9-17(22)14(16)3/h4-13H,1-3H3,(H,23,24). The lowest BCUT2D eigenvalue weighted by molar-refractivity contribution is 0.0997. The van der Waals surface area contributed by atoms with Crippen LogP contribution in [0.3, 0.4) is 0 Å². The summed E-state index contributed by atoms with van der Waals surface area (Å²) in [6, 6.07) is 16.9. The van der Waals surface area contributed by atoms with Crippen LogP contribution in [-0.2, 0) is 0 Å². The first-order chi connectivity index (χ1) is 12.0. The maximum atomic E-state index is 12.6. The highest BCUT2D eigenvalue weighted by Gasteiger charge is 2.16. The van der Waals surface area contributed by atoms with Gasteiger partial charge in [-0.15, -0.1) is 0 Å². The van der Waals surface area contributed by atoms with E-state index in [2.05, 4.69) is 19.2 Å². The molecule has 0 saturated carbocycles. The van der Waals surface area contributed by atoms with Crippen LogP contribution in [0.25, 0.3) is 11.3 Å². The van der Waals surface area contributed by atoms with E-state index in [1.165, 1.54) is 0 Å². The fraction of sp³-hybridized carbons (Fsp3) is 0.190. The molecule has 3 aromatic rings. The van der Waals surface area contributed by atoms with Gasteiger partial charge in [-0.3, -0.25) is 4.79 Å². The fourth-order valence-corrected chi connectivity index (χ4v) is 2.95. The number of para-hydroxylation sites is 1. The molecular weight excluding hydrogens is 334 g/mol. The Bertz CT molecular complexity index is 912. The zero-order chi connectivity index (χ0) is 18.0. The van der Waals surface area contributed by atoms with Crippen molar-refractivity contribution in [2.24, 2.45) is 0 Å². The van der Waals surface area contributed by atoms with Crippen molar-refractivity contribution in [2.45, 2.75) is 26.7 Å². The van der Waals surface area contributed by atoms with Crippen molar-refractivity contribution in [3.05, 3.63) is 76.5 Å². The van der Waals surface area contributed by atoms with Gasteiger partial charge in [0.25, 0.3) is 5.91 Å². The first-order valence-electron chi connectivity index (χ1n) is 8.23. The van der Waals surface area contributed by atoms with Gasteiger partial charge in [-0.2, -0.15) is 0 Å². The summed E-state index contributed by atoms with van der Waals surface area (Å²) in [6.07, 6.45) is 0. The topological polar surface area (TPSA) is 42.2 Å². The first-order valence-corrected chi connectivity index (χ1v) is 8.60. The van der Waals surface area contributed by atoms with E-state index in [-0.39, 0.29) is 11.7 Å². The second kappa shape index (κ2) is 7.16. The molecule has 4 heteroatoms. The second-order valence-corrected chi connectivity index (χ2v) is 6.68. The van der Waals surface area contributed by atoms with E-state index in [0.717, 1.165) is 22.4 Å². The van der Waals surface area contributed by atoms with E-state index < -0.39 is 0 Å². The maximum absolute atomic E-state index is 12.6. The zero-order valence-corrected chi connectivity index (χ0v) is 15.2. The minimum absolute atomic E-state index is 0.265. The second-order valence-electron chi connectivity index (χ2n) is 6.27. The molecule has 25 heavy (non-hydrogen) atoms. The zero-order valence-electron chi connectivity index (χ0n) is 14.5. The van der Waals surface area contributed by atoms with Gasteiger partial charge in [-0.1, -0.05) is 55.8 Å². The van der Waals surface area contributed by atoms with Crippen LogP contribution in [-0.4, -0.2) is 5.91 Å². The number of carbonyl (C=O) groups is 1. The average Bonchev–Trinajstić information content (AvgIpc) is 3.07. The van der Waals surface area contributed by atoms with Crippen molar-refractivity contribution >= 4 is 23.2 Å². The molecule has 0 aliphatic carbocycles. The van der Waals surface area contributed by atoms with Gasteiger partial charge in [-0.25, -0.2) is 0 Å². The number of anilines is 1. The summed E-state index contributed by atoms with van der Waals surface area (Å²) in [5, 5.41) is 3.61. The largest absolute Gasteiger partial charge is 0.451 e. The number of furan rings is 1. The van der Waals surface area contributed by atoms with Gasteiger partial charge in [0.1, 0.15) is 5.76 Å². The molecule has 0 aliphatic heterocycles. The third-order valence-electron chi connectivity index (χ3n) is 4.19. The highest BCUT2D eigenvalue weighted by atomic mass is 35.5. The van der Waals surface area contributed by atoms with Crippen LogP contribution in [0, 0.1) is 6.92 Å². The van der Waals surface area contributed by atoms with Crippen molar-refractivity contribution in [1.82, 2.24) is 0 Å². The molecule has 1 amide bonds. The molecular formula is C21H20ClNO2. The molecule has 3 rings (SSSR count). The third kappa shape index (κ3) is 3.62. The first kappa shape index (κ1) is 17.3. The summed E-state index contributed by atoms with van der Waals surface area (Å²) in [4.78, 5) is 12.6. The molecule has 2 aromatic carbocycles. The molecule has 128 valence electrons. The Morgan fingerprint density at radius 1 is 1.04 bits per heavy atom. The molecule has 1 N–H and O–H groups in total. The molecule has 0 radical (unpaired) electrons. The van der Waals surface area contributed by atoms with Crippen LogP contribution < -0.4 is 5.32 Å². The Morgan fingerprint density at radius 3 is 2.56 bits per heavy atom. The van der Waals surface area contributed by atoms with E-state index in [0.29, 0.717) is 16.7 Å². The van der Waals surface area contributed by atoms with E-state index in [1.807, 2.05) is 49.4 Å². The molecule has 0 unspecified atom stereocenters. The van der Waals surface area contributed by atoms with Crippen molar-refractivity contribution in [3.63, 3.8) is 0 Å². The van der Waals surface area contributed by atoms with Gasteiger partial charge in [0.05, 0.1) is 0 Å². The number of nitrogens with one attached hydrogen (secondary N) is 1. The Hall–Kier alpha value is -2.52. The van der Waals surface area contributed by atoms with Crippen molar-refractivity contribution < 1.29 is 9.21 Å². The fourth-order valence-electron chi connectivity index (χ4n) is 2.78. The Morgan fingerprint density at radius 2 is 1.80 bits per heavy atom. The van der Waals surface area contributed by atoms with Crippen molar-refractivity contribution in [3.8, 4) is 11.3 Å². The number of benzene rings is 2. The van der Waals surface area contributed by atoms with E-state index >= 15 is 0 Å². The van der Waals surface area contributed by atoms with Crippen molar-refractivity contribution in [2.75, 3.05) is 5.32 Å². The summed E-state index contributed by atoms with van der Waals surface area (Å²) in [6.45, 7) is 6.12. The minimum Gasteiger partial charge on any atom is -0.451 e. The van der Waals surface area contributed by atoms with Crippen LogP contribution >= 0.6 is 11.6 Å². The van der Waals surface area contributed by atoms with Gasteiger partial charge < -0.3 is 9.73 Å². The van der Waals surface area contributed by atoms with Crippen molar-refractivity contribution in [1.29, 1.82) is 0 Å². The molecule has 1 aromatic heterocycles. The van der Waals surface area contributed by atoms with E-state index in [4.69, 9.17) is 16.0 Å². The van der Waals surface area contributed by atoms with Gasteiger partial charge >= 0.3 is 0 Å². The molecule has 0 atom stereocenters. The maximum Gasteiger partial charge on any atom is 0.291 e. The summed E-state index contributed by atoms with van der Waals surface area (Å²) >= 11 is 6.17. The lowest BCUT2D eigenvalue weighted by Crippen LogP contribution is -2.12. The van der Waals surface area contributed by atoms with E-state index in [1.54, 1.807) is 12.1 Å². The Labute approximate surface area is 152 Å². The predicted octanol–water partition coefficient (Wildman–Crippen LogP) is 6.28. The van der Waals surface area contributed by atoms with Gasteiger partial charge in [0.2, 0.25) is 0 Å². The minimum atomic E-state index is -0.265. The van der Waals surface area contributed by atoms with Gasteiger partial charge in [0.15, 0.2) is 5.76 Å². The van der Waals surface area contributed by atoms with Crippen LogP contribution in [0.15, 0.2) is 59.0 Å². The molecule has 0 spiro atoms. The molecule has 0 saturated heterocycles. The SMILES string of the molecule is Cc1c(Cl)cccc1-c1ccc(C(=O)Nc2ccccc2C(C)C)o1. The lowest BCUT2D eigenvalue weighted by atomic mass is 10.0. The molecule has 0 aliphatic rings. The molecule has 0 fully saturated rings. The number of amides is 1. The lowest BCUT2D eigenvalue weighted by Gasteiger charge is -2.12. The highest BCUT2D eigenvalue weighted by molar-refractivity contribution is 6.31. The van der Waals surface area contributed by atoms with Crippen LogP contribution in [0.5, 0.6) is 0 Å².